The number of aliphatic hydroxyl groups is 1. The van der Waals surface area contributed by atoms with E-state index in [-0.39, 0.29) is 18.6 Å². The standard InChI is InChI=1S/C9H13BrN2O2/c1-6(2-3-13)12-9(14)8-4-7(10)5-11-8/h4-6,11,13H,2-3H2,1H3,(H,12,14). The number of H-pyrrole nitrogens is 1. The molecule has 1 unspecified atom stereocenters. The van der Waals surface area contributed by atoms with Crippen LogP contribution in [0.1, 0.15) is 23.8 Å². The van der Waals surface area contributed by atoms with Crippen molar-refractivity contribution < 1.29 is 9.90 Å². The van der Waals surface area contributed by atoms with Crippen molar-refractivity contribution in [2.75, 3.05) is 6.61 Å². The first-order valence-corrected chi connectivity index (χ1v) is 5.18. The van der Waals surface area contributed by atoms with Gasteiger partial charge in [-0.3, -0.25) is 4.79 Å². The van der Waals surface area contributed by atoms with E-state index >= 15 is 0 Å². The van der Waals surface area contributed by atoms with E-state index in [4.69, 9.17) is 5.11 Å². The monoisotopic (exact) mass is 260 g/mol. The number of aliphatic hydroxyl groups excluding tert-OH is 1. The lowest BCUT2D eigenvalue weighted by Crippen LogP contribution is -2.33. The van der Waals surface area contributed by atoms with Gasteiger partial charge >= 0.3 is 0 Å². The van der Waals surface area contributed by atoms with Crippen molar-refractivity contribution >= 4 is 21.8 Å². The van der Waals surface area contributed by atoms with Crippen LogP contribution < -0.4 is 5.32 Å². The summed E-state index contributed by atoms with van der Waals surface area (Å²) in [6, 6.07) is 1.69. The number of carbonyl (C=O) groups is 1. The fourth-order valence-electron chi connectivity index (χ4n) is 1.07. The summed E-state index contributed by atoms with van der Waals surface area (Å²) in [4.78, 5) is 14.3. The fourth-order valence-corrected chi connectivity index (χ4v) is 1.41. The molecule has 0 fully saturated rings. The third-order valence-electron chi connectivity index (χ3n) is 1.83. The summed E-state index contributed by atoms with van der Waals surface area (Å²) in [7, 11) is 0. The van der Waals surface area contributed by atoms with Gasteiger partial charge in [-0.05, 0) is 35.3 Å². The number of aromatic nitrogens is 1. The molecule has 0 spiro atoms. The van der Waals surface area contributed by atoms with E-state index in [9.17, 15) is 4.79 Å². The number of amides is 1. The highest BCUT2D eigenvalue weighted by Gasteiger charge is 2.10. The van der Waals surface area contributed by atoms with Gasteiger partial charge < -0.3 is 15.4 Å². The van der Waals surface area contributed by atoms with Crippen molar-refractivity contribution in [3.8, 4) is 0 Å². The zero-order chi connectivity index (χ0) is 10.6. The predicted molar refractivity (Wildman–Crippen MR) is 57.1 cm³/mol. The van der Waals surface area contributed by atoms with Gasteiger partial charge in [-0.15, -0.1) is 0 Å². The van der Waals surface area contributed by atoms with E-state index < -0.39 is 0 Å². The Balaban J connectivity index is 2.50. The average Bonchev–Trinajstić information content (AvgIpc) is 2.52. The number of halogens is 1. The van der Waals surface area contributed by atoms with Gasteiger partial charge in [-0.25, -0.2) is 0 Å². The van der Waals surface area contributed by atoms with Crippen LogP contribution in [0.25, 0.3) is 0 Å². The zero-order valence-corrected chi connectivity index (χ0v) is 9.47. The van der Waals surface area contributed by atoms with Crippen molar-refractivity contribution in [3.63, 3.8) is 0 Å². The lowest BCUT2D eigenvalue weighted by molar-refractivity contribution is 0.0930. The predicted octanol–water partition coefficient (Wildman–Crippen LogP) is 1.28. The molecule has 0 bridgehead atoms. The maximum atomic E-state index is 11.5. The number of aromatic amines is 1. The minimum Gasteiger partial charge on any atom is -0.396 e. The Bertz CT molecular complexity index is 312. The average molecular weight is 261 g/mol. The van der Waals surface area contributed by atoms with Gasteiger partial charge in [0, 0.05) is 23.3 Å². The van der Waals surface area contributed by atoms with Gasteiger partial charge in [0.25, 0.3) is 5.91 Å². The van der Waals surface area contributed by atoms with Gasteiger partial charge in [-0.2, -0.15) is 0 Å². The smallest absolute Gasteiger partial charge is 0.267 e. The fraction of sp³-hybridized carbons (Fsp3) is 0.444. The quantitative estimate of drug-likeness (QED) is 0.764. The molecule has 5 heteroatoms. The summed E-state index contributed by atoms with van der Waals surface area (Å²) in [5, 5.41) is 11.4. The molecule has 1 aromatic rings. The van der Waals surface area contributed by atoms with Gasteiger partial charge in [0.15, 0.2) is 0 Å². The number of hydrogen-bond acceptors (Lipinski definition) is 2. The van der Waals surface area contributed by atoms with Gasteiger partial charge in [0.05, 0.1) is 0 Å². The number of nitrogens with one attached hydrogen (secondary N) is 2. The van der Waals surface area contributed by atoms with Crippen LogP contribution in [0.2, 0.25) is 0 Å². The first kappa shape index (κ1) is 11.3. The maximum absolute atomic E-state index is 11.5. The number of carbonyl (C=O) groups excluding carboxylic acids is 1. The first-order chi connectivity index (χ1) is 6.63. The summed E-state index contributed by atoms with van der Waals surface area (Å²) in [5.74, 6) is -0.156. The molecule has 14 heavy (non-hydrogen) atoms. The first-order valence-electron chi connectivity index (χ1n) is 4.39. The molecule has 0 aliphatic rings. The van der Waals surface area contributed by atoms with Crippen LogP contribution in [0.4, 0.5) is 0 Å². The molecule has 0 aliphatic carbocycles. The highest BCUT2D eigenvalue weighted by molar-refractivity contribution is 9.10. The lowest BCUT2D eigenvalue weighted by atomic mass is 10.2. The summed E-state index contributed by atoms with van der Waals surface area (Å²) >= 11 is 3.25. The third-order valence-corrected chi connectivity index (χ3v) is 2.29. The Labute approximate surface area is 90.8 Å². The summed E-state index contributed by atoms with van der Waals surface area (Å²) in [6.45, 7) is 1.93. The molecule has 1 rings (SSSR count). The molecule has 4 nitrogen and oxygen atoms in total. The van der Waals surface area contributed by atoms with Crippen LogP contribution in [-0.2, 0) is 0 Å². The molecule has 0 aliphatic heterocycles. The zero-order valence-electron chi connectivity index (χ0n) is 7.88. The normalized spacial score (nSPS) is 12.5. The molecule has 0 saturated heterocycles. The number of rotatable bonds is 4. The Morgan fingerprint density at radius 1 is 1.79 bits per heavy atom. The van der Waals surface area contributed by atoms with Crippen LogP contribution in [0.3, 0.4) is 0 Å². The molecule has 0 radical (unpaired) electrons. The second-order valence-corrected chi connectivity index (χ2v) is 4.03. The Kier molecular flexibility index (Phi) is 4.16. The van der Waals surface area contributed by atoms with Crippen LogP contribution in [0.15, 0.2) is 16.7 Å². The van der Waals surface area contributed by atoms with Crippen molar-refractivity contribution in [2.24, 2.45) is 0 Å². The van der Waals surface area contributed by atoms with E-state index in [0.717, 1.165) is 4.47 Å². The molecule has 78 valence electrons. The van der Waals surface area contributed by atoms with Crippen LogP contribution >= 0.6 is 15.9 Å². The van der Waals surface area contributed by atoms with Crippen LogP contribution in [-0.4, -0.2) is 28.6 Å². The van der Waals surface area contributed by atoms with E-state index in [1.807, 2.05) is 6.92 Å². The van der Waals surface area contributed by atoms with Crippen molar-refractivity contribution in [3.05, 3.63) is 22.4 Å². The lowest BCUT2D eigenvalue weighted by Gasteiger charge is -2.10. The van der Waals surface area contributed by atoms with Crippen molar-refractivity contribution in [1.82, 2.24) is 10.3 Å². The van der Waals surface area contributed by atoms with Crippen LogP contribution in [0, 0.1) is 0 Å². The van der Waals surface area contributed by atoms with Gasteiger partial charge in [0.2, 0.25) is 0 Å². The Morgan fingerprint density at radius 2 is 2.50 bits per heavy atom. The van der Waals surface area contributed by atoms with Gasteiger partial charge in [0.1, 0.15) is 5.69 Å². The van der Waals surface area contributed by atoms with Crippen molar-refractivity contribution in [2.45, 2.75) is 19.4 Å². The molecular formula is C9H13BrN2O2. The molecule has 0 aromatic carbocycles. The molecule has 0 saturated carbocycles. The molecule has 3 N–H and O–H groups in total. The SMILES string of the molecule is CC(CCO)NC(=O)c1cc(Br)c[nH]1. The summed E-state index contributed by atoms with van der Waals surface area (Å²) in [5.41, 5.74) is 0.515. The molecule has 1 atom stereocenters. The van der Waals surface area contributed by atoms with E-state index in [1.54, 1.807) is 12.3 Å². The van der Waals surface area contributed by atoms with E-state index in [0.29, 0.717) is 12.1 Å². The van der Waals surface area contributed by atoms with E-state index in [1.165, 1.54) is 0 Å². The topological polar surface area (TPSA) is 65.1 Å². The number of hydrogen-bond donors (Lipinski definition) is 3. The van der Waals surface area contributed by atoms with E-state index in [2.05, 4.69) is 26.2 Å². The van der Waals surface area contributed by atoms with Gasteiger partial charge in [-0.1, -0.05) is 0 Å². The van der Waals surface area contributed by atoms with Crippen LogP contribution in [0.5, 0.6) is 0 Å². The highest BCUT2D eigenvalue weighted by atomic mass is 79.9. The largest absolute Gasteiger partial charge is 0.396 e. The summed E-state index contributed by atoms with van der Waals surface area (Å²) < 4.78 is 0.845. The Hall–Kier alpha value is -0.810. The minimum absolute atomic E-state index is 0.0189. The molecule has 1 heterocycles. The Morgan fingerprint density at radius 3 is 3.00 bits per heavy atom. The highest BCUT2D eigenvalue weighted by Crippen LogP contribution is 2.10. The second-order valence-electron chi connectivity index (χ2n) is 3.12. The molecule has 1 aromatic heterocycles. The third kappa shape index (κ3) is 3.16. The second kappa shape index (κ2) is 5.17. The molecule has 1 amide bonds. The molecular weight excluding hydrogens is 248 g/mol. The van der Waals surface area contributed by atoms with Crippen molar-refractivity contribution in [1.29, 1.82) is 0 Å². The minimum atomic E-state index is -0.156. The summed E-state index contributed by atoms with van der Waals surface area (Å²) in [6.07, 6.45) is 2.26. The maximum Gasteiger partial charge on any atom is 0.267 e.